The van der Waals surface area contributed by atoms with Gasteiger partial charge in [-0.1, -0.05) is 0 Å². The minimum atomic E-state index is -2.98. The molecule has 0 spiro atoms. The number of piperidine rings is 1. The number of nitrogens with zero attached hydrogens (tertiary/aromatic N) is 2. The van der Waals surface area contributed by atoms with Gasteiger partial charge in [0.05, 0.1) is 23.7 Å². The molecule has 0 bridgehead atoms. The summed E-state index contributed by atoms with van der Waals surface area (Å²) in [5.74, 6) is 0.352. The molecule has 0 aromatic carbocycles. The Morgan fingerprint density at radius 1 is 1.30 bits per heavy atom. The Morgan fingerprint density at radius 2 is 1.91 bits per heavy atom. The minimum Gasteiger partial charge on any atom is -0.450 e. The monoisotopic (exact) mass is 348 g/mol. The van der Waals surface area contributed by atoms with Crippen LogP contribution in [-0.4, -0.2) is 85.4 Å². The van der Waals surface area contributed by atoms with Gasteiger partial charge in [0.25, 0.3) is 0 Å². The van der Waals surface area contributed by atoms with Crippen LogP contribution in [0.15, 0.2) is 0 Å². The Hall–Kier alpha value is -0.860. The van der Waals surface area contributed by atoms with E-state index in [9.17, 15) is 18.3 Å². The third-order valence-corrected chi connectivity index (χ3v) is 7.04. The lowest BCUT2D eigenvalue weighted by Crippen LogP contribution is -2.56. The number of sulfone groups is 1. The molecule has 0 radical (unpaired) electrons. The molecule has 8 heteroatoms. The van der Waals surface area contributed by atoms with E-state index in [1.54, 1.807) is 11.8 Å². The van der Waals surface area contributed by atoms with Crippen molar-refractivity contribution in [3.05, 3.63) is 0 Å². The molecular formula is C15H28N2O5S. The van der Waals surface area contributed by atoms with E-state index >= 15 is 0 Å². The van der Waals surface area contributed by atoms with E-state index in [0.29, 0.717) is 45.5 Å². The molecule has 0 saturated carbocycles. The lowest BCUT2D eigenvalue weighted by molar-refractivity contribution is -0.0541. The lowest BCUT2D eigenvalue weighted by atomic mass is 9.89. The molecule has 2 aliphatic rings. The summed E-state index contributed by atoms with van der Waals surface area (Å²) in [7, 11) is -1.11. The quantitative estimate of drug-likeness (QED) is 0.795. The van der Waals surface area contributed by atoms with Crippen LogP contribution in [-0.2, 0) is 14.6 Å². The van der Waals surface area contributed by atoms with Crippen molar-refractivity contribution in [2.24, 2.45) is 0 Å². The average molecular weight is 348 g/mol. The smallest absolute Gasteiger partial charge is 0.409 e. The molecule has 2 saturated heterocycles. The summed E-state index contributed by atoms with van der Waals surface area (Å²) in [6.07, 6.45) is 1.20. The number of rotatable bonds is 4. The van der Waals surface area contributed by atoms with Gasteiger partial charge in [-0.3, -0.25) is 4.90 Å². The third kappa shape index (κ3) is 4.36. The predicted molar refractivity (Wildman–Crippen MR) is 87.1 cm³/mol. The van der Waals surface area contributed by atoms with Crippen molar-refractivity contribution in [3.8, 4) is 0 Å². The number of hydrogen-bond acceptors (Lipinski definition) is 6. The van der Waals surface area contributed by atoms with Gasteiger partial charge in [0.15, 0.2) is 9.84 Å². The number of likely N-dealkylation sites (N-methyl/N-ethyl adjacent to an activating group) is 1. The molecule has 2 aliphatic heterocycles. The summed E-state index contributed by atoms with van der Waals surface area (Å²) < 4.78 is 28.5. The molecule has 134 valence electrons. The average Bonchev–Trinajstić information content (AvgIpc) is 2.74. The summed E-state index contributed by atoms with van der Waals surface area (Å²) in [6.45, 7) is 5.37. The number of likely N-dealkylation sites (tertiary alicyclic amines) is 1. The first-order chi connectivity index (χ1) is 10.6. The van der Waals surface area contributed by atoms with Crippen molar-refractivity contribution in [1.82, 2.24) is 9.80 Å². The molecular weight excluding hydrogens is 320 g/mol. The molecule has 2 fully saturated rings. The summed E-state index contributed by atoms with van der Waals surface area (Å²) in [5.41, 5.74) is -1.32. The molecule has 7 nitrogen and oxygen atoms in total. The number of aliphatic hydroxyl groups is 1. The standard InChI is InChI=1S/C15H28N2O5S/c1-4-22-13(18)17-8-5-15(19,6-9-17)11-16(3)14(2)7-10-23(20,21)12-14/h19H,4-12H2,1-3H3/t14-/m1/s1. The second-order valence-corrected chi connectivity index (χ2v) is 9.29. The highest BCUT2D eigenvalue weighted by molar-refractivity contribution is 7.91. The van der Waals surface area contributed by atoms with E-state index in [1.165, 1.54) is 0 Å². The van der Waals surface area contributed by atoms with Crippen molar-refractivity contribution in [3.63, 3.8) is 0 Å². The Bertz CT molecular complexity index is 542. The number of β-amino-alcohol motifs (C(OH)–C–C–N with tert-alkyl or cyclic N) is 1. The first kappa shape index (κ1) is 18.5. The maximum Gasteiger partial charge on any atom is 0.409 e. The second-order valence-electron chi connectivity index (χ2n) is 7.11. The topological polar surface area (TPSA) is 87.2 Å². The molecule has 1 N–H and O–H groups in total. The van der Waals surface area contributed by atoms with E-state index in [4.69, 9.17) is 4.74 Å². The predicted octanol–water partition coefficient (Wildman–Crippen LogP) is 0.479. The Labute approximate surface area is 138 Å². The number of hydrogen-bond donors (Lipinski definition) is 1. The molecule has 2 rings (SSSR count). The fourth-order valence-corrected chi connectivity index (χ4v) is 5.61. The SMILES string of the molecule is CCOC(=O)N1CCC(O)(CN(C)[C@]2(C)CCS(=O)(=O)C2)CC1. The van der Waals surface area contributed by atoms with E-state index in [1.807, 2.05) is 18.9 Å². The zero-order chi connectivity index (χ0) is 17.3. The van der Waals surface area contributed by atoms with Crippen LogP contribution in [0.2, 0.25) is 0 Å². The number of ether oxygens (including phenoxy) is 1. The molecule has 1 amide bonds. The second kappa shape index (κ2) is 6.57. The normalized spacial score (nSPS) is 29.7. The molecule has 1 atom stereocenters. The molecule has 0 aromatic rings. The van der Waals surface area contributed by atoms with Crippen LogP contribution in [0.25, 0.3) is 0 Å². The van der Waals surface area contributed by atoms with Crippen molar-refractivity contribution in [2.45, 2.75) is 44.2 Å². The Morgan fingerprint density at radius 3 is 2.39 bits per heavy atom. The molecule has 23 heavy (non-hydrogen) atoms. The maximum atomic E-state index is 11.8. The third-order valence-electron chi connectivity index (χ3n) is 5.16. The van der Waals surface area contributed by atoms with E-state index in [2.05, 4.69) is 0 Å². The van der Waals surface area contributed by atoms with Crippen LogP contribution in [0.4, 0.5) is 4.79 Å². The van der Waals surface area contributed by atoms with Gasteiger partial charge in [0.2, 0.25) is 0 Å². The summed E-state index contributed by atoms with van der Waals surface area (Å²) in [6, 6.07) is 0. The molecule has 0 aromatic heterocycles. The molecule has 0 aliphatic carbocycles. The zero-order valence-corrected chi connectivity index (χ0v) is 15.1. The number of amides is 1. The van der Waals surface area contributed by atoms with E-state index in [0.717, 1.165) is 0 Å². The van der Waals surface area contributed by atoms with Crippen molar-refractivity contribution in [2.75, 3.05) is 44.8 Å². The zero-order valence-electron chi connectivity index (χ0n) is 14.2. The minimum absolute atomic E-state index is 0.140. The largest absolute Gasteiger partial charge is 0.450 e. The number of carbonyl (C=O) groups excluding carboxylic acids is 1. The van der Waals surface area contributed by atoms with Crippen molar-refractivity contribution < 1.29 is 23.1 Å². The van der Waals surface area contributed by atoms with Crippen LogP contribution in [0.5, 0.6) is 0 Å². The first-order valence-corrected chi connectivity index (χ1v) is 9.97. The van der Waals surface area contributed by atoms with Gasteiger partial charge in [-0.15, -0.1) is 0 Å². The highest BCUT2D eigenvalue weighted by atomic mass is 32.2. The summed E-state index contributed by atoms with van der Waals surface area (Å²) in [5, 5.41) is 10.8. The maximum absolute atomic E-state index is 11.8. The van der Waals surface area contributed by atoms with Crippen LogP contribution in [0, 0.1) is 0 Å². The van der Waals surface area contributed by atoms with Crippen molar-refractivity contribution in [1.29, 1.82) is 0 Å². The lowest BCUT2D eigenvalue weighted by Gasteiger charge is -2.43. The van der Waals surface area contributed by atoms with Gasteiger partial charge in [0, 0.05) is 25.2 Å². The van der Waals surface area contributed by atoms with Crippen LogP contribution < -0.4 is 0 Å². The fraction of sp³-hybridized carbons (Fsp3) is 0.933. The molecule has 2 heterocycles. The first-order valence-electron chi connectivity index (χ1n) is 8.15. The van der Waals surface area contributed by atoms with Gasteiger partial charge >= 0.3 is 6.09 Å². The van der Waals surface area contributed by atoms with Gasteiger partial charge in [-0.05, 0) is 40.2 Å². The molecule has 0 unspecified atom stereocenters. The van der Waals surface area contributed by atoms with E-state index in [-0.39, 0.29) is 17.6 Å². The van der Waals surface area contributed by atoms with Gasteiger partial charge in [0.1, 0.15) is 0 Å². The van der Waals surface area contributed by atoms with Crippen LogP contribution >= 0.6 is 0 Å². The Kier molecular flexibility index (Phi) is 5.27. The van der Waals surface area contributed by atoms with E-state index < -0.39 is 21.0 Å². The number of carbonyl (C=O) groups is 1. The highest BCUT2D eigenvalue weighted by Gasteiger charge is 2.44. The van der Waals surface area contributed by atoms with Gasteiger partial charge in [-0.25, -0.2) is 13.2 Å². The van der Waals surface area contributed by atoms with Gasteiger partial charge in [-0.2, -0.15) is 0 Å². The van der Waals surface area contributed by atoms with Gasteiger partial charge < -0.3 is 14.7 Å². The summed E-state index contributed by atoms with van der Waals surface area (Å²) >= 11 is 0. The fourth-order valence-electron chi connectivity index (χ4n) is 3.41. The van der Waals surface area contributed by atoms with Crippen LogP contribution in [0.3, 0.4) is 0 Å². The summed E-state index contributed by atoms with van der Waals surface area (Å²) in [4.78, 5) is 15.3. The van der Waals surface area contributed by atoms with Crippen molar-refractivity contribution >= 4 is 15.9 Å². The Balaban J connectivity index is 1.92. The van der Waals surface area contributed by atoms with Crippen LogP contribution in [0.1, 0.15) is 33.1 Å². The highest BCUT2D eigenvalue weighted by Crippen LogP contribution is 2.32.